The van der Waals surface area contributed by atoms with Crippen molar-refractivity contribution in [1.29, 1.82) is 0 Å². The third kappa shape index (κ3) is 5.42. The van der Waals surface area contributed by atoms with Gasteiger partial charge in [-0.05, 0) is 25.1 Å². The Balaban J connectivity index is 1.93. The Labute approximate surface area is 175 Å². The molecule has 3 aromatic rings. The summed E-state index contributed by atoms with van der Waals surface area (Å²) in [6, 6.07) is 5.45. The van der Waals surface area contributed by atoms with Crippen LogP contribution in [-0.2, 0) is 6.18 Å². The van der Waals surface area contributed by atoms with Crippen LogP contribution in [0.15, 0.2) is 42.6 Å². The van der Waals surface area contributed by atoms with E-state index in [0.29, 0.717) is 12.1 Å². The lowest BCUT2D eigenvalue weighted by Gasteiger charge is -2.13. The van der Waals surface area contributed by atoms with Gasteiger partial charge in [-0.1, -0.05) is 12.1 Å². The van der Waals surface area contributed by atoms with E-state index >= 15 is 0 Å². The SMILES string of the molecule is Cc1c(F)c(Oc2ccnc(OCC(F)(F)F)c2)nc(-c2ccc(C(F)(F)F)cc2)c1F. The maximum absolute atomic E-state index is 14.6. The predicted molar refractivity (Wildman–Crippen MR) is 95.2 cm³/mol. The molecule has 0 N–H and O–H groups in total. The fourth-order valence-electron chi connectivity index (χ4n) is 2.51. The zero-order chi connectivity index (χ0) is 23.7. The van der Waals surface area contributed by atoms with Gasteiger partial charge in [0.05, 0.1) is 5.56 Å². The number of halogens is 8. The Morgan fingerprint density at radius 2 is 1.56 bits per heavy atom. The van der Waals surface area contributed by atoms with Crippen molar-refractivity contribution in [2.45, 2.75) is 19.3 Å². The minimum Gasteiger partial charge on any atom is -0.468 e. The van der Waals surface area contributed by atoms with Crippen molar-refractivity contribution in [3.8, 4) is 28.8 Å². The summed E-state index contributed by atoms with van der Waals surface area (Å²) < 4.78 is 114. The first-order chi connectivity index (χ1) is 14.8. The Bertz CT molecular complexity index is 1110. The Kier molecular flexibility index (Phi) is 6.24. The van der Waals surface area contributed by atoms with E-state index in [1.54, 1.807) is 0 Å². The number of rotatable bonds is 5. The molecule has 0 spiro atoms. The first-order valence-corrected chi connectivity index (χ1v) is 8.72. The van der Waals surface area contributed by atoms with Crippen molar-refractivity contribution < 1.29 is 44.6 Å². The van der Waals surface area contributed by atoms with Crippen LogP contribution in [0.4, 0.5) is 35.1 Å². The van der Waals surface area contributed by atoms with Gasteiger partial charge in [-0.15, -0.1) is 0 Å². The van der Waals surface area contributed by atoms with Gasteiger partial charge >= 0.3 is 12.4 Å². The molecule has 170 valence electrons. The largest absolute Gasteiger partial charge is 0.468 e. The molecule has 0 unspecified atom stereocenters. The van der Waals surface area contributed by atoms with Gasteiger partial charge in [0.25, 0.3) is 5.88 Å². The van der Waals surface area contributed by atoms with E-state index in [-0.39, 0.29) is 11.3 Å². The molecule has 0 aliphatic heterocycles. The molecule has 32 heavy (non-hydrogen) atoms. The average molecular weight is 464 g/mol. The van der Waals surface area contributed by atoms with Crippen LogP contribution in [0.2, 0.25) is 0 Å². The molecule has 0 bridgehead atoms. The molecule has 1 aromatic carbocycles. The van der Waals surface area contributed by atoms with Crippen LogP contribution in [0.3, 0.4) is 0 Å². The lowest BCUT2D eigenvalue weighted by molar-refractivity contribution is -0.154. The topological polar surface area (TPSA) is 44.2 Å². The summed E-state index contributed by atoms with van der Waals surface area (Å²) in [6.45, 7) is -0.555. The maximum Gasteiger partial charge on any atom is 0.422 e. The monoisotopic (exact) mass is 464 g/mol. The molecule has 0 atom stereocenters. The summed E-state index contributed by atoms with van der Waals surface area (Å²) in [5.41, 5.74) is -2.05. The number of benzene rings is 1. The molecular weight excluding hydrogens is 452 g/mol. The average Bonchev–Trinajstić information content (AvgIpc) is 2.72. The highest BCUT2D eigenvalue weighted by Gasteiger charge is 2.31. The van der Waals surface area contributed by atoms with Crippen LogP contribution in [-0.4, -0.2) is 22.8 Å². The van der Waals surface area contributed by atoms with Gasteiger partial charge in [-0.3, -0.25) is 0 Å². The number of nitrogens with zero attached hydrogens (tertiary/aromatic N) is 2. The zero-order valence-electron chi connectivity index (χ0n) is 16.0. The zero-order valence-corrected chi connectivity index (χ0v) is 16.0. The molecule has 4 nitrogen and oxygen atoms in total. The Morgan fingerprint density at radius 1 is 0.906 bits per heavy atom. The number of alkyl halides is 6. The van der Waals surface area contributed by atoms with E-state index in [1.807, 2.05) is 0 Å². The highest BCUT2D eigenvalue weighted by molar-refractivity contribution is 5.62. The van der Waals surface area contributed by atoms with Crippen LogP contribution >= 0.6 is 0 Å². The minimum atomic E-state index is -4.61. The van der Waals surface area contributed by atoms with E-state index in [0.717, 1.165) is 37.4 Å². The molecule has 3 rings (SSSR count). The van der Waals surface area contributed by atoms with Gasteiger partial charge in [0.2, 0.25) is 5.88 Å². The van der Waals surface area contributed by atoms with Crippen LogP contribution in [0, 0.1) is 18.6 Å². The molecule has 12 heteroatoms. The van der Waals surface area contributed by atoms with Gasteiger partial charge in [0, 0.05) is 23.4 Å². The summed E-state index contributed by atoms with van der Waals surface area (Å²) in [5, 5.41) is 0. The van der Waals surface area contributed by atoms with Crippen LogP contribution < -0.4 is 9.47 Å². The number of ether oxygens (including phenoxy) is 2. The highest BCUT2D eigenvalue weighted by Crippen LogP contribution is 2.34. The second-order valence-electron chi connectivity index (χ2n) is 6.43. The molecule has 0 aliphatic rings. The van der Waals surface area contributed by atoms with Crippen LogP contribution in [0.5, 0.6) is 17.5 Å². The lowest BCUT2D eigenvalue weighted by Crippen LogP contribution is -2.19. The Hall–Kier alpha value is -3.44. The van der Waals surface area contributed by atoms with E-state index < -0.39 is 59.2 Å². The Morgan fingerprint density at radius 3 is 2.16 bits per heavy atom. The van der Waals surface area contributed by atoms with Crippen LogP contribution in [0.25, 0.3) is 11.3 Å². The summed E-state index contributed by atoms with van der Waals surface area (Å²) in [5.74, 6) is -3.74. The van der Waals surface area contributed by atoms with Gasteiger partial charge in [-0.2, -0.15) is 26.3 Å². The van der Waals surface area contributed by atoms with E-state index in [1.165, 1.54) is 0 Å². The number of pyridine rings is 2. The quantitative estimate of drug-likeness (QED) is 0.406. The maximum atomic E-state index is 14.6. The standard InChI is InChI=1S/C20H12F8N2O2/c1-10-15(21)17(11-2-4-12(5-3-11)20(26,27)28)30-18(16(10)22)32-13-6-7-29-14(8-13)31-9-19(23,24)25/h2-8H,9H2,1H3. The predicted octanol–water partition coefficient (Wildman–Crippen LogP) is 6.48. The second kappa shape index (κ2) is 8.60. The van der Waals surface area contributed by atoms with Crippen molar-refractivity contribution in [1.82, 2.24) is 9.97 Å². The fraction of sp³-hybridized carbons (Fsp3) is 0.200. The van der Waals surface area contributed by atoms with Crippen molar-refractivity contribution in [3.63, 3.8) is 0 Å². The first-order valence-electron chi connectivity index (χ1n) is 8.72. The summed E-state index contributed by atoms with van der Waals surface area (Å²) in [4.78, 5) is 7.27. The summed E-state index contributed by atoms with van der Waals surface area (Å²) >= 11 is 0. The molecule has 2 heterocycles. The second-order valence-corrected chi connectivity index (χ2v) is 6.43. The fourth-order valence-corrected chi connectivity index (χ4v) is 2.51. The molecule has 0 fully saturated rings. The molecule has 0 aliphatic carbocycles. The lowest BCUT2D eigenvalue weighted by atomic mass is 10.1. The third-order valence-electron chi connectivity index (χ3n) is 4.06. The smallest absolute Gasteiger partial charge is 0.422 e. The molecule has 0 saturated carbocycles. The number of hydrogen-bond donors (Lipinski definition) is 0. The van der Waals surface area contributed by atoms with E-state index in [9.17, 15) is 35.1 Å². The number of hydrogen-bond acceptors (Lipinski definition) is 4. The summed E-state index contributed by atoms with van der Waals surface area (Å²) in [6.07, 6.45) is -8.19. The highest BCUT2D eigenvalue weighted by atomic mass is 19.4. The van der Waals surface area contributed by atoms with Gasteiger partial charge < -0.3 is 9.47 Å². The molecule has 0 radical (unpaired) electrons. The molecular formula is C20H12F8N2O2. The third-order valence-corrected chi connectivity index (χ3v) is 4.06. The van der Waals surface area contributed by atoms with Crippen LogP contribution in [0.1, 0.15) is 11.1 Å². The minimum absolute atomic E-state index is 0.0765. The molecule has 0 saturated heterocycles. The van der Waals surface area contributed by atoms with Crippen molar-refractivity contribution in [3.05, 3.63) is 65.4 Å². The van der Waals surface area contributed by atoms with Gasteiger partial charge in [0.1, 0.15) is 11.4 Å². The van der Waals surface area contributed by atoms with E-state index in [4.69, 9.17) is 4.74 Å². The van der Waals surface area contributed by atoms with E-state index in [2.05, 4.69) is 14.7 Å². The molecule has 2 aromatic heterocycles. The van der Waals surface area contributed by atoms with Crippen molar-refractivity contribution in [2.24, 2.45) is 0 Å². The van der Waals surface area contributed by atoms with Gasteiger partial charge in [-0.25, -0.2) is 18.7 Å². The van der Waals surface area contributed by atoms with Gasteiger partial charge in [0.15, 0.2) is 18.2 Å². The van der Waals surface area contributed by atoms with Crippen molar-refractivity contribution >= 4 is 0 Å². The normalized spacial score (nSPS) is 12.0. The summed E-state index contributed by atoms with van der Waals surface area (Å²) in [7, 11) is 0. The van der Waals surface area contributed by atoms with Crippen molar-refractivity contribution in [2.75, 3.05) is 6.61 Å². The number of aromatic nitrogens is 2. The first kappa shape index (κ1) is 23.2. The molecule has 0 amide bonds.